The molecule has 0 fully saturated rings. The van der Waals surface area contributed by atoms with Gasteiger partial charge in [-0.15, -0.1) is 11.8 Å². The van der Waals surface area contributed by atoms with Crippen molar-refractivity contribution in [1.82, 2.24) is 5.32 Å². The second-order valence-electron chi connectivity index (χ2n) is 4.91. The third-order valence-electron chi connectivity index (χ3n) is 3.33. The van der Waals surface area contributed by atoms with Gasteiger partial charge in [-0.05, 0) is 30.7 Å². The zero-order valence-electron chi connectivity index (χ0n) is 12.3. The molecule has 0 bridgehead atoms. The minimum absolute atomic E-state index is 0.641. The van der Waals surface area contributed by atoms with E-state index in [1.807, 2.05) is 48.5 Å². The SMILES string of the molecule is CCCNC(C#N)(CSc1ccccc1)c1ccccc1. The summed E-state index contributed by atoms with van der Waals surface area (Å²) < 4.78 is 0. The first-order valence-electron chi connectivity index (χ1n) is 7.20. The van der Waals surface area contributed by atoms with E-state index in [4.69, 9.17) is 0 Å². The first-order valence-corrected chi connectivity index (χ1v) is 8.19. The Morgan fingerprint density at radius 2 is 1.67 bits per heavy atom. The third-order valence-corrected chi connectivity index (χ3v) is 4.52. The molecule has 1 atom stereocenters. The monoisotopic (exact) mass is 296 g/mol. The minimum Gasteiger partial charge on any atom is -0.295 e. The molecule has 21 heavy (non-hydrogen) atoms. The Hall–Kier alpha value is -1.76. The maximum absolute atomic E-state index is 9.81. The van der Waals surface area contributed by atoms with E-state index < -0.39 is 5.54 Å². The zero-order chi connectivity index (χ0) is 15.0. The molecule has 0 saturated carbocycles. The van der Waals surface area contributed by atoms with Gasteiger partial charge in [-0.2, -0.15) is 5.26 Å². The Morgan fingerprint density at radius 3 is 2.24 bits per heavy atom. The fourth-order valence-corrected chi connectivity index (χ4v) is 3.21. The van der Waals surface area contributed by atoms with Crippen LogP contribution in [-0.2, 0) is 5.54 Å². The van der Waals surface area contributed by atoms with Crippen LogP contribution in [-0.4, -0.2) is 12.3 Å². The van der Waals surface area contributed by atoms with Gasteiger partial charge in [0.15, 0.2) is 0 Å². The van der Waals surface area contributed by atoms with Crippen molar-refractivity contribution < 1.29 is 0 Å². The number of nitrogens with zero attached hydrogens (tertiary/aromatic N) is 1. The number of thioether (sulfide) groups is 1. The van der Waals surface area contributed by atoms with Gasteiger partial charge in [0.2, 0.25) is 0 Å². The van der Waals surface area contributed by atoms with E-state index in [2.05, 4.69) is 30.4 Å². The molecule has 2 nitrogen and oxygen atoms in total. The van der Waals surface area contributed by atoms with Gasteiger partial charge in [-0.25, -0.2) is 0 Å². The molecule has 3 heteroatoms. The molecule has 2 aromatic rings. The maximum Gasteiger partial charge on any atom is 0.141 e. The van der Waals surface area contributed by atoms with Crippen LogP contribution in [0.15, 0.2) is 65.6 Å². The lowest BCUT2D eigenvalue weighted by atomic mass is 9.93. The number of benzene rings is 2. The largest absolute Gasteiger partial charge is 0.295 e. The van der Waals surface area contributed by atoms with E-state index in [1.54, 1.807) is 11.8 Å². The molecule has 0 saturated heterocycles. The predicted molar refractivity (Wildman–Crippen MR) is 89.2 cm³/mol. The van der Waals surface area contributed by atoms with Crippen molar-refractivity contribution in [3.05, 3.63) is 66.2 Å². The van der Waals surface area contributed by atoms with Crippen LogP contribution in [0.25, 0.3) is 0 Å². The number of hydrogen-bond acceptors (Lipinski definition) is 3. The average Bonchev–Trinajstić information content (AvgIpc) is 2.57. The van der Waals surface area contributed by atoms with Crippen LogP contribution in [0.1, 0.15) is 18.9 Å². The van der Waals surface area contributed by atoms with Crippen LogP contribution in [0, 0.1) is 11.3 Å². The van der Waals surface area contributed by atoms with E-state index in [-0.39, 0.29) is 0 Å². The molecular weight excluding hydrogens is 276 g/mol. The maximum atomic E-state index is 9.81. The molecule has 1 N–H and O–H groups in total. The fraction of sp³-hybridized carbons (Fsp3) is 0.278. The quantitative estimate of drug-likeness (QED) is 0.778. The smallest absolute Gasteiger partial charge is 0.141 e. The summed E-state index contributed by atoms with van der Waals surface area (Å²) in [5, 5.41) is 13.2. The molecule has 0 heterocycles. The summed E-state index contributed by atoms with van der Waals surface area (Å²) >= 11 is 1.71. The van der Waals surface area contributed by atoms with Crippen LogP contribution >= 0.6 is 11.8 Å². The number of hydrogen-bond donors (Lipinski definition) is 1. The van der Waals surface area contributed by atoms with Gasteiger partial charge in [-0.1, -0.05) is 55.5 Å². The lowest BCUT2D eigenvalue weighted by Gasteiger charge is -2.28. The second kappa shape index (κ2) is 7.87. The molecule has 108 valence electrons. The summed E-state index contributed by atoms with van der Waals surface area (Å²) in [6.45, 7) is 2.95. The van der Waals surface area contributed by atoms with Crippen LogP contribution in [0.2, 0.25) is 0 Å². The van der Waals surface area contributed by atoms with Gasteiger partial charge in [0, 0.05) is 10.6 Å². The second-order valence-corrected chi connectivity index (χ2v) is 5.96. The summed E-state index contributed by atoms with van der Waals surface area (Å²) in [6.07, 6.45) is 1.01. The molecule has 2 rings (SSSR count). The Bertz CT molecular complexity index is 577. The standard InChI is InChI=1S/C18H20N2S/c1-2-13-20-18(14-19,16-9-5-3-6-10-16)15-21-17-11-7-4-8-12-17/h3-12,20H,2,13,15H2,1H3. The Balaban J connectivity index is 2.21. The summed E-state index contributed by atoms with van der Waals surface area (Å²) in [7, 11) is 0. The van der Waals surface area contributed by atoms with Crippen LogP contribution in [0.3, 0.4) is 0 Å². The molecule has 0 aromatic heterocycles. The topological polar surface area (TPSA) is 35.8 Å². The van der Waals surface area contributed by atoms with E-state index in [0.29, 0.717) is 5.75 Å². The summed E-state index contributed by atoms with van der Waals surface area (Å²) in [4.78, 5) is 1.19. The minimum atomic E-state index is -0.641. The van der Waals surface area contributed by atoms with Crippen molar-refractivity contribution in [3.63, 3.8) is 0 Å². The van der Waals surface area contributed by atoms with Crippen molar-refractivity contribution in [2.24, 2.45) is 0 Å². The lowest BCUT2D eigenvalue weighted by Crippen LogP contribution is -2.43. The normalized spacial score (nSPS) is 13.3. The molecule has 0 aliphatic carbocycles. The van der Waals surface area contributed by atoms with Gasteiger partial charge in [0.05, 0.1) is 6.07 Å². The highest BCUT2D eigenvalue weighted by atomic mass is 32.2. The first kappa shape index (κ1) is 15.6. The molecular formula is C18H20N2S. The summed E-state index contributed by atoms with van der Waals surface area (Å²) in [5.41, 5.74) is 0.391. The highest BCUT2D eigenvalue weighted by molar-refractivity contribution is 7.99. The van der Waals surface area contributed by atoms with Crippen molar-refractivity contribution in [2.75, 3.05) is 12.3 Å². The highest BCUT2D eigenvalue weighted by Gasteiger charge is 2.31. The first-order chi connectivity index (χ1) is 10.3. The van der Waals surface area contributed by atoms with Crippen LogP contribution < -0.4 is 5.32 Å². The highest BCUT2D eigenvalue weighted by Crippen LogP contribution is 2.29. The van der Waals surface area contributed by atoms with E-state index >= 15 is 0 Å². The molecule has 0 radical (unpaired) electrons. The van der Waals surface area contributed by atoms with Crippen molar-refractivity contribution in [1.29, 1.82) is 5.26 Å². The number of rotatable bonds is 7. The van der Waals surface area contributed by atoms with Crippen molar-refractivity contribution >= 4 is 11.8 Å². The summed E-state index contributed by atoms with van der Waals surface area (Å²) in [6, 6.07) is 22.7. The van der Waals surface area contributed by atoms with Crippen molar-refractivity contribution in [3.8, 4) is 6.07 Å². The molecule has 2 aromatic carbocycles. The van der Waals surface area contributed by atoms with Crippen LogP contribution in [0.5, 0.6) is 0 Å². The zero-order valence-corrected chi connectivity index (χ0v) is 13.1. The molecule has 0 amide bonds. The van der Waals surface area contributed by atoms with Gasteiger partial charge in [0.1, 0.15) is 5.54 Å². The number of nitriles is 1. The van der Waals surface area contributed by atoms with Crippen LogP contribution in [0.4, 0.5) is 0 Å². The van der Waals surface area contributed by atoms with Gasteiger partial charge < -0.3 is 0 Å². The fourth-order valence-electron chi connectivity index (χ4n) is 2.14. The Kier molecular flexibility index (Phi) is 5.86. The van der Waals surface area contributed by atoms with Crippen molar-refractivity contribution in [2.45, 2.75) is 23.8 Å². The lowest BCUT2D eigenvalue weighted by molar-refractivity contribution is 0.474. The molecule has 0 aliphatic rings. The molecule has 0 spiro atoms. The van der Waals surface area contributed by atoms with Gasteiger partial charge in [-0.3, -0.25) is 5.32 Å². The molecule has 0 aliphatic heterocycles. The van der Waals surface area contributed by atoms with Gasteiger partial charge in [0.25, 0.3) is 0 Å². The Labute approximate surface area is 131 Å². The van der Waals surface area contributed by atoms with E-state index in [1.165, 1.54) is 4.90 Å². The summed E-state index contributed by atoms with van der Waals surface area (Å²) in [5.74, 6) is 0.692. The van der Waals surface area contributed by atoms with E-state index in [0.717, 1.165) is 18.5 Å². The average molecular weight is 296 g/mol. The van der Waals surface area contributed by atoms with Gasteiger partial charge >= 0.3 is 0 Å². The van der Waals surface area contributed by atoms with E-state index in [9.17, 15) is 5.26 Å². The number of nitrogens with one attached hydrogen (secondary N) is 1. The molecule has 1 unspecified atom stereocenters. The predicted octanol–water partition coefficient (Wildman–Crippen LogP) is 4.20. The Morgan fingerprint density at radius 1 is 1.05 bits per heavy atom. The third kappa shape index (κ3) is 4.10.